The standard InChI is InChI=1S/C11H9NO2/c13-8-9-5-6-12(7-9)10-3-1-2-4-11(10)14/h1-8,14H. The van der Waals surface area contributed by atoms with Crippen LogP contribution < -0.4 is 0 Å². The number of rotatable bonds is 2. The SMILES string of the molecule is O=Cc1ccn(-c2ccccc2O)c1. The number of aromatic hydroxyl groups is 1. The van der Waals surface area contributed by atoms with Crippen molar-refractivity contribution in [1.29, 1.82) is 0 Å². The summed E-state index contributed by atoms with van der Waals surface area (Å²) in [4.78, 5) is 10.5. The normalized spacial score (nSPS) is 10.0. The van der Waals surface area contributed by atoms with Gasteiger partial charge in [-0.1, -0.05) is 12.1 Å². The van der Waals surface area contributed by atoms with Gasteiger partial charge >= 0.3 is 0 Å². The fourth-order valence-corrected chi connectivity index (χ4v) is 1.32. The maximum Gasteiger partial charge on any atom is 0.151 e. The molecule has 0 radical (unpaired) electrons. The molecule has 3 heteroatoms. The van der Waals surface area contributed by atoms with Crippen LogP contribution in [0.4, 0.5) is 0 Å². The molecule has 0 saturated carbocycles. The summed E-state index contributed by atoms with van der Waals surface area (Å²) in [6.45, 7) is 0. The molecule has 0 fully saturated rings. The summed E-state index contributed by atoms with van der Waals surface area (Å²) in [5.74, 6) is 0.195. The van der Waals surface area contributed by atoms with E-state index in [4.69, 9.17) is 0 Å². The van der Waals surface area contributed by atoms with Crippen LogP contribution in [0, 0.1) is 0 Å². The van der Waals surface area contributed by atoms with Crippen molar-refractivity contribution in [3.63, 3.8) is 0 Å². The van der Waals surface area contributed by atoms with Crippen molar-refractivity contribution in [1.82, 2.24) is 4.57 Å². The van der Waals surface area contributed by atoms with Gasteiger partial charge in [0.05, 0.1) is 5.69 Å². The van der Waals surface area contributed by atoms with E-state index in [9.17, 15) is 9.90 Å². The van der Waals surface area contributed by atoms with Crippen molar-refractivity contribution < 1.29 is 9.90 Å². The van der Waals surface area contributed by atoms with E-state index >= 15 is 0 Å². The molecular formula is C11H9NO2. The van der Waals surface area contributed by atoms with Crippen molar-refractivity contribution in [2.45, 2.75) is 0 Å². The average molecular weight is 187 g/mol. The van der Waals surface area contributed by atoms with Crippen LogP contribution in [0.25, 0.3) is 5.69 Å². The number of carbonyl (C=O) groups is 1. The number of aromatic nitrogens is 1. The average Bonchev–Trinajstić information content (AvgIpc) is 2.67. The first-order valence-electron chi connectivity index (χ1n) is 4.23. The number of nitrogens with zero attached hydrogens (tertiary/aromatic N) is 1. The van der Waals surface area contributed by atoms with Gasteiger partial charge in [0.15, 0.2) is 6.29 Å². The lowest BCUT2D eigenvalue weighted by atomic mass is 10.3. The Balaban J connectivity index is 2.49. The predicted octanol–water partition coefficient (Wildman–Crippen LogP) is 2.00. The number of hydrogen-bond acceptors (Lipinski definition) is 2. The van der Waals surface area contributed by atoms with Gasteiger partial charge in [-0.25, -0.2) is 0 Å². The monoisotopic (exact) mass is 187 g/mol. The Hall–Kier alpha value is -2.03. The Kier molecular flexibility index (Phi) is 2.07. The lowest BCUT2D eigenvalue weighted by Crippen LogP contribution is -1.89. The van der Waals surface area contributed by atoms with Gasteiger partial charge in [0.2, 0.25) is 0 Å². The largest absolute Gasteiger partial charge is 0.506 e. The van der Waals surface area contributed by atoms with Crippen LogP contribution in [-0.4, -0.2) is 16.0 Å². The number of aldehydes is 1. The first-order valence-corrected chi connectivity index (χ1v) is 4.23. The van der Waals surface area contributed by atoms with Crippen LogP contribution in [0.15, 0.2) is 42.7 Å². The van der Waals surface area contributed by atoms with E-state index in [2.05, 4.69) is 0 Å². The number of para-hydroxylation sites is 2. The lowest BCUT2D eigenvalue weighted by Gasteiger charge is -2.04. The van der Waals surface area contributed by atoms with Crippen LogP contribution in [0.3, 0.4) is 0 Å². The molecule has 0 amide bonds. The molecule has 0 bridgehead atoms. The molecule has 1 heterocycles. The topological polar surface area (TPSA) is 42.2 Å². The summed E-state index contributed by atoms with van der Waals surface area (Å²) in [5, 5.41) is 9.54. The minimum Gasteiger partial charge on any atom is -0.506 e. The fraction of sp³-hybridized carbons (Fsp3) is 0. The molecule has 0 aliphatic carbocycles. The molecule has 2 rings (SSSR count). The smallest absolute Gasteiger partial charge is 0.151 e. The van der Waals surface area contributed by atoms with Gasteiger partial charge < -0.3 is 9.67 Å². The third kappa shape index (κ3) is 1.40. The van der Waals surface area contributed by atoms with Gasteiger partial charge in [0, 0.05) is 18.0 Å². The molecule has 0 aliphatic rings. The molecule has 1 N–H and O–H groups in total. The Morgan fingerprint density at radius 3 is 2.64 bits per heavy atom. The Labute approximate surface area is 81.2 Å². The molecule has 2 aromatic rings. The summed E-state index contributed by atoms with van der Waals surface area (Å²) in [7, 11) is 0. The summed E-state index contributed by atoms with van der Waals surface area (Å²) in [6, 6.07) is 8.66. The third-order valence-electron chi connectivity index (χ3n) is 2.01. The number of carbonyl (C=O) groups excluding carboxylic acids is 1. The van der Waals surface area contributed by atoms with Gasteiger partial charge in [0.1, 0.15) is 5.75 Å². The molecule has 0 atom stereocenters. The predicted molar refractivity (Wildman–Crippen MR) is 52.8 cm³/mol. The van der Waals surface area contributed by atoms with Crippen molar-refractivity contribution in [2.75, 3.05) is 0 Å². The van der Waals surface area contributed by atoms with Crippen LogP contribution in [0.5, 0.6) is 5.75 Å². The number of hydrogen-bond donors (Lipinski definition) is 1. The molecule has 0 aliphatic heterocycles. The van der Waals surface area contributed by atoms with Crippen LogP contribution in [0.2, 0.25) is 0 Å². The van der Waals surface area contributed by atoms with Crippen molar-refractivity contribution in [3.05, 3.63) is 48.3 Å². The molecule has 0 unspecified atom stereocenters. The van der Waals surface area contributed by atoms with E-state index in [1.807, 2.05) is 6.07 Å². The second-order valence-electron chi connectivity index (χ2n) is 2.96. The highest BCUT2D eigenvalue weighted by molar-refractivity contribution is 5.74. The quantitative estimate of drug-likeness (QED) is 0.730. The van der Waals surface area contributed by atoms with Gasteiger partial charge in [-0.2, -0.15) is 0 Å². The van der Waals surface area contributed by atoms with Crippen molar-refractivity contribution >= 4 is 6.29 Å². The summed E-state index contributed by atoms with van der Waals surface area (Å²) in [6.07, 6.45) is 4.18. The number of benzene rings is 1. The maximum atomic E-state index is 10.5. The van der Waals surface area contributed by atoms with E-state index in [0.29, 0.717) is 11.3 Å². The first-order chi connectivity index (χ1) is 6.81. The lowest BCUT2D eigenvalue weighted by molar-refractivity contribution is 0.112. The Morgan fingerprint density at radius 2 is 2.00 bits per heavy atom. The number of phenols is 1. The third-order valence-corrected chi connectivity index (χ3v) is 2.01. The molecule has 14 heavy (non-hydrogen) atoms. The zero-order valence-electron chi connectivity index (χ0n) is 7.42. The number of phenolic OH excluding ortho intramolecular Hbond substituents is 1. The van der Waals surface area contributed by atoms with Gasteiger partial charge in [-0.3, -0.25) is 4.79 Å². The van der Waals surface area contributed by atoms with E-state index in [-0.39, 0.29) is 5.75 Å². The summed E-state index contributed by atoms with van der Waals surface area (Å²) >= 11 is 0. The van der Waals surface area contributed by atoms with Gasteiger partial charge in [0.25, 0.3) is 0 Å². The highest BCUT2D eigenvalue weighted by Gasteiger charge is 2.02. The van der Waals surface area contributed by atoms with E-state index in [1.165, 1.54) is 0 Å². The van der Waals surface area contributed by atoms with E-state index < -0.39 is 0 Å². The molecular weight excluding hydrogens is 178 g/mol. The summed E-state index contributed by atoms with van der Waals surface area (Å²) < 4.78 is 1.71. The molecule has 70 valence electrons. The minimum absolute atomic E-state index is 0.195. The summed E-state index contributed by atoms with van der Waals surface area (Å²) in [5.41, 5.74) is 1.26. The first kappa shape index (κ1) is 8.56. The highest BCUT2D eigenvalue weighted by Crippen LogP contribution is 2.20. The van der Waals surface area contributed by atoms with Crippen molar-refractivity contribution in [3.8, 4) is 11.4 Å². The Bertz CT molecular complexity index is 460. The molecule has 1 aromatic carbocycles. The molecule has 1 aromatic heterocycles. The zero-order valence-corrected chi connectivity index (χ0v) is 7.42. The van der Waals surface area contributed by atoms with Gasteiger partial charge in [-0.15, -0.1) is 0 Å². The second kappa shape index (κ2) is 3.38. The fourth-order valence-electron chi connectivity index (χ4n) is 1.32. The van der Waals surface area contributed by atoms with Crippen molar-refractivity contribution in [2.24, 2.45) is 0 Å². The second-order valence-corrected chi connectivity index (χ2v) is 2.96. The van der Waals surface area contributed by atoms with E-state index in [1.54, 1.807) is 41.2 Å². The highest BCUT2D eigenvalue weighted by atomic mass is 16.3. The van der Waals surface area contributed by atoms with Crippen LogP contribution >= 0.6 is 0 Å². The Morgan fingerprint density at radius 1 is 1.21 bits per heavy atom. The van der Waals surface area contributed by atoms with Gasteiger partial charge in [-0.05, 0) is 18.2 Å². The molecule has 3 nitrogen and oxygen atoms in total. The zero-order chi connectivity index (χ0) is 9.97. The molecule has 0 spiro atoms. The van der Waals surface area contributed by atoms with E-state index in [0.717, 1.165) is 6.29 Å². The van der Waals surface area contributed by atoms with Crippen LogP contribution in [0.1, 0.15) is 10.4 Å². The van der Waals surface area contributed by atoms with Crippen LogP contribution in [-0.2, 0) is 0 Å². The maximum absolute atomic E-state index is 10.5. The molecule has 0 saturated heterocycles. The minimum atomic E-state index is 0.195.